The van der Waals surface area contributed by atoms with E-state index in [2.05, 4.69) is 9.97 Å². The van der Waals surface area contributed by atoms with E-state index < -0.39 is 12.0 Å². The Bertz CT molecular complexity index is 514. The van der Waals surface area contributed by atoms with E-state index in [0.717, 1.165) is 11.4 Å². The van der Waals surface area contributed by atoms with Crippen molar-refractivity contribution in [1.29, 1.82) is 0 Å². The number of nitrogens with zero attached hydrogens (tertiary/aromatic N) is 1. The zero-order chi connectivity index (χ0) is 14.2. The molecule has 0 fully saturated rings. The molecule has 1 unspecified atom stereocenters. The molecule has 0 aliphatic heterocycles. The topological polar surface area (TPSA) is 90.2 Å². The summed E-state index contributed by atoms with van der Waals surface area (Å²) in [6.07, 6.45) is 3.55. The Morgan fingerprint density at radius 3 is 2.80 bits per heavy atom. The van der Waals surface area contributed by atoms with Crippen molar-refractivity contribution in [1.82, 2.24) is 9.97 Å². The maximum Gasteiger partial charge on any atom is 0.323 e. The molecule has 6 heteroatoms. The van der Waals surface area contributed by atoms with E-state index in [-0.39, 0.29) is 6.61 Å². The van der Waals surface area contributed by atoms with Crippen LogP contribution in [0.2, 0.25) is 0 Å². The first kappa shape index (κ1) is 14.1. The van der Waals surface area contributed by atoms with Crippen molar-refractivity contribution in [3.8, 4) is 5.75 Å². The molecule has 1 aromatic carbocycles. The van der Waals surface area contributed by atoms with Crippen LogP contribution in [-0.2, 0) is 16.0 Å². The Hall–Kier alpha value is -2.34. The number of rotatable bonds is 7. The van der Waals surface area contributed by atoms with Crippen LogP contribution in [0.15, 0.2) is 42.9 Å². The highest BCUT2D eigenvalue weighted by atomic mass is 16.6. The highest BCUT2D eigenvalue weighted by Crippen LogP contribution is 2.07. The number of aromatic nitrogens is 2. The van der Waals surface area contributed by atoms with Crippen LogP contribution in [0.1, 0.15) is 5.69 Å². The van der Waals surface area contributed by atoms with Gasteiger partial charge >= 0.3 is 5.97 Å². The number of carbonyl (C=O) groups is 1. The normalized spacial score (nSPS) is 11.8. The molecule has 0 radical (unpaired) electrons. The minimum absolute atomic E-state index is 0.171. The number of esters is 1. The van der Waals surface area contributed by atoms with Gasteiger partial charge in [0.25, 0.3) is 0 Å². The first-order valence-corrected chi connectivity index (χ1v) is 6.33. The number of hydrogen-bond acceptors (Lipinski definition) is 5. The van der Waals surface area contributed by atoms with E-state index in [1.54, 1.807) is 12.5 Å². The van der Waals surface area contributed by atoms with E-state index in [0.29, 0.717) is 13.0 Å². The van der Waals surface area contributed by atoms with Crippen LogP contribution < -0.4 is 10.5 Å². The summed E-state index contributed by atoms with van der Waals surface area (Å²) in [4.78, 5) is 18.4. The second-order valence-electron chi connectivity index (χ2n) is 4.22. The molecule has 1 aromatic heterocycles. The van der Waals surface area contributed by atoms with Crippen molar-refractivity contribution >= 4 is 5.97 Å². The summed E-state index contributed by atoms with van der Waals surface area (Å²) in [6, 6.07) is 8.63. The number of H-pyrrole nitrogens is 1. The average Bonchev–Trinajstić information content (AvgIpc) is 2.97. The van der Waals surface area contributed by atoms with Gasteiger partial charge in [-0.2, -0.15) is 0 Å². The van der Waals surface area contributed by atoms with Gasteiger partial charge < -0.3 is 20.2 Å². The summed E-state index contributed by atoms with van der Waals surface area (Å²) in [5, 5.41) is 0. The summed E-state index contributed by atoms with van der Waals surface area (Å²) in [5.41, 5.74) is 6.54. The standard InChI is InChI=1S/C14H17N3O3/c15-13(8-11-9-16-10-17-11)14(18)20-7-6-19-12-4-2-1-3-5-12/h1-5,9-10,13H,6-8,15H2,(H,16,17). The molecule has 106 valence electrons. The predicted molar refractivity (Wildman–Crippen MR) is 73.2 cm³/mol. The fourth-order valence-corrected chi connectivity index (χ4v) is 1.64. The van der Waals surface area contributed by atoms with E-state index in [1.165, 1.54) is 0 Å². The molecule has 0 amide bonds. The Morgan fingerprint density at radius 2 is 2.10 bits per heavy atom. The number of nitrogens with one attached hydrogen (secondary N) is 1. The molecule has 0 aliphatic rings. The Balaban J connectivity index is 1.65. The minimum Gasteiger partial charge on any atom is -0.490 e. The zero-order valence-electron chi connectivity index (χ0n) is 11.0. The number of imidazole rings is 1. The fourth-order valence-electron chi connectivity index (χ4n) is 1.64. The van der Waals surface area contributed by atoms with Crippen LogP contribution >= 0.6 is 0 Å². The third-order valence-corrected chi connectivity index (χ3v) is 2.64. The number of hydrogen-bond donors (Lipinski definition) is 2. The molecule has 6 nitrogen and oxygen atoms in total. The van der Waals surface area contributed by atoms with Gasteiger partial charge in [0.1, 0.15) is 25.0 Å². The van der Waals surface area contributed by atoms with E-state index in [9.17, 15) is 4.79 Å². The Kier molecular flexibility index (Phi) is 5.14. The van der Waals surface area contributed by atoms with Crippen molar-refractivity contribution in [3.05, 3.63) is 48.5 Å². The molecule has 0 spiro atoms. The maximum atomic E-state index is 11.6. The largest absolute Gasteiger partial charge is 0.490 e. The lowest BCUT2D eigenvalue weighted by Gasteiger charge is -2.11. The van der Waals surface area contributed by atoms with Crippen molar-refractivity contribution in [2.45, 2.75) is 12.5 Å². The molecule has 0 aliphatic carbocycles. The monoisotopic (exact) mass is 275 g/mol. The van der Waals surface area contributed by atoms with Crippen molar-refractivity contribution in [2.75, 3.05) is 13.2 Å². The number of aromatic amines is 1. The maximum absolute atomic E-state index is 11.6. The molecule has 0 saturated carbocycles. The molecule has 20 heavy (non-hydrogen) atoms. The first-order chi connectivity index (χ1) is 9.75. The number of para-hydroxylation sites is 1. The molecular weight excluding hydrogens is 258 g/mol. The molecule has 2 aromatic rings. The second-order valence-corrected chi connectivity index (χ2v) is 4.22. The van der Waals surface area contributed by atoms with Crippen LogP contribution in [0.3, 0.4) is 0 Å². The van der Waals surface area contributed by atoms with E-state index in [1.807, 2.05) is 30.3 Å². The molecular formula is C14H17N3O3. The summed E-state index contributed by atoms with van der Waals surface area (Å²) >= 11 is 0. The zero-order valence-corrected chi connectivity index (χ0v) is 11.0. The Labute approximate surface area is 116 Å². The highest BCUT2D eigenvalue weighted by Gasteiger charge is 2.16. The number of ether oxygens (including phenoxy) is 2. The minimum atomic E-state index is -0.702. The van der Waals surface area contributed by atoms with Gasteiger partial charge in [0.05, 0.1) is 6.33 Å². The summed E-state index contributed by atoms with van der Waals surface area (Å²) < 4.78 is 10.5. The van der Waals surface area contributed by atoms with Gasteiger partial charge in [-0.3, -0.25) is 4.79 Å². The van der Waals surface area contributed by atoms with Crippen LogP contribution in [0.4, 0.5) is 0 Å². The fraction of sp³-hybridized carbons (Fsp3) is 0.286. The van der Waals surface area contributed by atoms with Gasteiger partial charge in [-0.15, -0.1) is 0 Å². The highest BCUT2D eigenvalue weighted by molar-refractivity contribution is 5.75. The van der Waals surface area contributed by atoms with Crippen LogP contribution in [0.25, 0.3) is 0 Å². The van der Waals surface area contributed by atoms with Crippen LogP contribution in [-0.4, -0.2) is 35.2 Å². The molecule has 2 rings (SSSR count). The molecule has 0 bridgehead atoms. The number of nitrogens with two attached hydrogens (primary N) is 1. The van der Waals surface area contributed by atoms with Gasteiger partial charge in [-0.1, -0.05) is 18.2 Å². The van der Waals surface area contributed by atoms with Gasteiger partial charge in [0, 0.05) is 18.3 Å². The molecule has 1 atom stereocenters. The lowest BCUT2D eigenvalue weighted by atomic mass is 10.2. The molecule has 0 saturated heterocycles. The molecule has 3 N–H and O–H groups in total. The SMILES string of the molecule is NC(Cc1cnc[nH]1)C(=O)OCCOc1ccccc1. The first-order valence-electron chi connectivity index (χ1n) is 6.33. The summed E-state index contributed by atoms with van der Waals surface area (Å²) in [5.74, 6) is 0.293. The van der Waals surface area contributed by atoms with Crippen LogP contribution in [0.5, 0.6) is 5.75 Å². The Morgan fingerprint density at radius 1 is 1.30 bits per heavy atom. The van der Waals surface area contributed by atoms with E-state index in [4.69, 9.17) is 15.2 Å². The summed E-state index contributed by atoms with van der Waals surface area (Å²) in [7, 11) is 0. The third kappa shape index (κ3) is 4.40. The van der Waals surface area contributed by atoms with Gasteiger partial charge in [0.2, 0.25) is 0 Å². The quantitative estimate of drug-likeness (QED) is 0.579. The van der Waals surface area contributed by atoms with Crippen molar-refractivity contribution in [2.24, 2.45) is 5.73 Å². The number of benzene rings is 1. The average molecular weight is 275 g/mol. The van der Waals surface area contributed by atoms with Crippen molar-refractivity contribution in [3.63, 3.8) is 0 Å². The lowest BCUT2D eigenvalue weighted by Crippen LogP contribution is -2.35. The summed E-state index contributed by atoms with van der Waals surface area (Å²) in [6.45, 7) is 0.469. The van der Waals surface area contributed by atoms with E-state index >= 15 is 0 Å². The second kappa shape index (κ2) is 7.30. The molecule has 1 heterocycles. The third-order valence-electron chi connectivity index (χ3n) is 2.64. The van der Waals surface area contributed by atoms with Gasteiger partial charge in [0.15, 0.2) is 0 Å². The number of carbonyl (C=O) groups excluding carboxylic acids is 1. The van der Waals surface area contributed by atoms with Crippen molar-refractivity contribution < 1.29 is 14.3 Å². The lowest BCUT2D eigenvalue weighted by molar-refractivity contribution is -0.145. The smallest absolute Gasteiger partial charge is 0.323 e. The van der Waals surface area contributed by atoms with Gasteiger partial charge in [-0.25, -0.2) is 4.98 Å². The van der Waals surface area contributed by atoms with Crippen LogP contribution in [0, 0.1) is 0 Å². The van der Waals surface area contributed by atoms with Gasteiger partial charge in [-0.05, 0) is 12.1 Å². The predicted octanol–water partition coefficient (Wildman–Crippen LogP) is 0.902.